The number of hydrogen-bond donors (Lipinski definition) is 1. The van der Waals surface area contributed by atoms with Gasteiger partial charge in [-0.1, -0.05) is 6.42 Å². The molecule has 1 aromatic rings. The van der Waals surface area contributed by atoms with E-state index in [1.807, 2.05) is 0 Å². The molecule has 0 saturated carbocycles. The average molecular weight is 363 g/mol. The summed E-state index contributed by atoms with van der Waals surface area (Å²) in [5.74, 6) is 0.634. The van der Waals surface area contributed by atoms with Gasteiger partial charge in [0.2, 0.25) is 10.0 Å². The summed E-state index contributed by atoms with van der Waals surface area (Å²) in [5, 5.41) is 5.08. The van der Waals surface area contributed by atoms with Gasteiger partial charge in [-0.3, -0.25) is 4.90 Å². The van der Waals surface area contributed by atoms with E-state index in [9.17, 15) is 8.42 Å². The lowest BCUT2D eigenvalue weighted by molar-refractivity contribution is 0.183. The van der Waals surface area contributed by atoms with Gasteiger partial charge in [-0.25, -0.2) is 13.6 Å². The summed E-state index contributed by atoms with van der Waals surface area (Å²) >= 11 is 3.31. The molecule has 112 valence electrons. The SMILES string of the molecule is NS(=O)(=O)c1ccc(OCCN2CCCCC2)c(Br)c1. The Labute approximate surface area is 128 Å². The van der Waals surface area contributed by atoms with E-state index in [1.54, 1.807) is 6.07 Å². The minimum atomic E-state index is -3.67. The van der Waals surface area contributed by atoms with Crippen molar-refractivity contribution in [3.63, 3.8) is 0 Å². The van der Waals surface area contributed by atoms with Crippen LogP contribution in [0.4, 0.5) is 0 Å². The van der Waals surface area contributed by atoms with Gasteiger partial charge in [0.05, 0.1) is 9.37 Å². The van der Waals surface area contributed by atoms with Gasteiger partial charge in [-0.15, -0.1) is 0 Å². The van der Waals surface area contributed by atoms with E-state index >= 15 is 0 Å². The van der Waals surface area contributed by atoms with Crippen molar-refractivity contribution in [2.75, 3.05) is 26.2 Å². The van der Waals surface area contributed by atoms with Crippen molar-refractivity contribution in [3.05, 3.63) is 22.7 Å². The molecule has 1 aliphatic heterocycles. The lowest BCUT2D eigenvalue weighted by Crippen LogP contribution is -2.33. The molecule has 20 heavy (non-hydrogen) atoms. The highest BCUT2D eigenvalue weighted by atomic mass is 79.9. The maximum absolute atomic E-state index is 11.2. The molecule has 0 bridgehead atoms. The van der Waals surface area contributed by atoms with Crippen molar-refractivity contribution in [1.82, 2.24) is 4.90 Å². The van der Waals surface area contributed by atoms with E-state index in [1.165, 1.54) is 31.4 Å². The first-order valence-corrected chi connectivity index (χ1v) is 8.98. The number of nitrogens with zero attached hydrogens (tertiary/aromatic N) is 1. The fourth-order valence-electron chi connectivity index (χ4n) is 2.24. The zero-order valence-corrected chi connectivity index (χ0v) is 13.6. The third kappa shape index (κ3) is 4.44. The van der Waals surface area contributed by atoms with Crippen LogP contribution in [0, 0.1) is 0 Å². The number of halogens is 1. The molecule has 1 heterocycles. The number of sulfonamides is 1. The highest BCUT2D eigenvalue weighted by molar-refractivity contribution is 9.10. The Balaban J connectivity index is 1.90. The van der Waals surface area contributed by atoms with Crippen LogP contribution in [0.25, 0.3) is 0 Å². The second-order valence-corrected chi connectivity index (χ2v) is 7.30. The molecule has 1 fully saturated rings. The number of hydrogen-bond acceptors (Lipinski definition) is 4. The van der Waals surface area contributed by atoms with Gasteiger partial charge in [0.25, 0.3) is 0 Å². The highest BCUT2D eigenvalue weighted by Gasteiger charge is 2.12. The quantitative estimate of drug-likeness (QED) is 0.868. The fraction of sp³-hybridized carbons (Fsp3) is 0.538. The summed E-state index contributed by atoms with van der Waals surface area (Å²) in [5.41, 5.74) is 0. The van der Waals surface area contributed by atoms with Gasteiger partial charge in [-0.2, -0.15) is 0 Å². The first kappa shape index (κ1) is 15.8. The van der Waals surface area contributed by atoms with Crippen LogP contribution in [0.3, 0.4) is 0 Å². The highest BCUT2D eigenvalue weighted by Crippen LogP contribution is 2.27. The Morgan fingerprint density at radius 3 is 2.55 bits per heavy atom. The molecule has 0 aromatic heterocycles. The summed E-state index contributed by atoms with van der Waals surface area (Å²) < 4.78 is 28.7. The third-order valence-corrected chi connectivity index (χ3v) is 4.88. The molecular formula is C13H19BrN2O3S. The molecule has 1 aromatic carbocycles. The Bertz CT molecular complexity index is 557. The van der Waals surface area contributed by atoms with Gasteiger partial charge in [-0.05, 0) is 60.1 Å². The van der Waals surface area contributed by atoms with Crippen LogP contribution >= 0.6 is 15.9 Å². The van der Waals surface area contributed by atoms with Crippen molar-refractivity contribution >= 4 is 26.0 Å². The van der Waals surface area contributed by atoms with Gasteiger partial charge < -0.3 is 4.74 Å². The van der Waals surface area contributed by atoms with Crippen molar-refractivity contribution in [2.45, 2.75) is 24.2 Å². The average Bonchev–Trinajstić information content (AvgIpc) is 2.40. The minimum Gasteiger partial charge on any atom is -0.491 e. The van der Waals surface area contributed by atoms with Gasteiger partial charge >= 0.3 is 0 Å². The van der Waals surface area contributed by atoms with Crippen molar-refractivity contribution < 1.29 is 13.2 Å². The molecular weight excluding hydrogens is 344 g/mol. The minimum absolute atomic E-state index is 0.0766. The number of rotatable bonds is 5. The van der Waals surface area contributed by atoms with Crippen LogP contribution in [0.5, 0.6) is 5.75 Å². The Morgan fingerprint density at radius 2 is 1.95 bits per heavy atom. The lowest BCUT2D eigenvalue weighted by atomic mass is 10.1. The van der Waals surface area contributed by atoms with E-state index in [2.05, 4.69) is 20.8 Å². The van der Waals surface area contributed by atoms with Crippen LogP contribution in [0.15, 0.2) is 27.6 Å². The van der Waals surface area contributed by atoms with E-state index in [-0.39, 0.29) is 4.90 Å². The zero-order chi connectivity index (χ0) is 14.6. The molecule has 7 heteroatoms. The molecule has 2 N–H and O–H groups in total. The predicted octanol–water partition coefficient (Wildman–Crippen LogP) is 1.96. The first-order chi connectivity index (χ1) is 9.47. The summed E-state index contributed by atoms with van der Waals surface area (Å²) in [6, 6.07) is 4.54. The molecule has 2 rings (SSSR count). The van der Waals surface area contributed by atoms with E-state index in [0.717, 1.165) is 19.6 Å². The smallest absolute Gasteiger partial charge is 0.238 e. The maximum atomic E-state index is 11.2. The van der Waals surface area contributed by atoms with Crippen LogP contribution in [-0.4, -0.2) is 39.6 Å². The van der Waals surface area contributed by atoms with Gasteiger partial charge in [0.15, 0.2) is 0 Å². The molecule has 0 spiro atoms. The number of likely N-dealkylation sites (tertiary alicyclic amines) is 1. The largest absolute Gasteiger partial charge is 0.491 e. The number of nitrogens with two attached hydrogens (primary N) is 1. The lowest BCUT2D eigenvalue weighted by Gasteiger charge is -2.26. The molecule has 0 atom stereocenters. The van der Waals surface area contributed by atoms with Crippen molar-refractivity contribution in [3.8, 4) is 5.75 Å². The fourth-order valence-corrected chi connectivity index (χ4v) is 3.43. The number of piperidine rings is 1. The molecule has 0 aliphatic carbocycles. The molecule has 5 nitrogen and oxygen atoms in total. The Kier molecular flexibility index (Phi) is 5.42. The van der Waals surface area contributed by atoms with Crippen LogP contribution in [0.1, 0.15) is 19.3 Å². The third-order valence-electron chi connectivity index (χ3n) is 3.35. The first-order valence-electron chi connectivity index (χ1n) is 6.64. The molecule has 0 unspecified atom stereocenters. The Hall–Kier alpha value is -0.630. The summed E-state index contributed by atoms with van der Waals surface area (Å²) in [4.78, 5) is 2.46. The van der Waals surface area contributed by atoms with Gasteiger partial charge in [0.1, 0.15) is 12.4 Å². The van der Waals surface area contributed by atoms with Crippen LogP contribution in [-0.2, 0) is 10.0 Å². The van der Waals surface area contributed by atoms with E-state index < -0.39 is 10.0 Å². The van der Waals surface area contributed by atoms with Gasteiger partial charge in [0, 0.05) is 6.54 Å². The van der Waals surface area contributed by atoms with E-state index in [0.29, 0.717) is 16.8 Å². The summed E-state index contributed by atoms with van der Waals surface area (Å²) in [6.45, 7) is 3.75. The second kappa shape index (κ2) is 6.89. The van der Waals surface area contributed by atoms with Crippen LogP contribution < -0.4 is 9.88 Å². The summed E-state index contributed by atoms with van der Waals surface area (Å²) in [6.07, 6.45) is 3.83. The number of ether oxygens (including phenoxy) is 1. The number of benzene rings is 1. The second-order valence-electron chi connectivity index (χ2n) is 4.89. The van der Waals surface area contributed by atoms with E-state index in [4.69, 9.17) is 9.88 Å². The zero-order valence-electron chi connectivity index (χ0n) is 11.2. The van der Waals surface area contributed by atoms with Crippen LogP contribution in [0.2, 0.25) is 0 Å². The molecule has 0 amide bonds. The normalized spacial score (nSPS) is 17.1. The maximum Gasteiger partial charge on any atom is 0.238 e. The van der Waals surface area contributed by atoms with Crippen molar-refractivity contribution in [1.29, 1.82) is 0 Å². The molecule has 1 saturated heterocycles. The predicted molar refractivity (Wildman–Crippen MR) is 81.3 cm³/mol. The standard InChI is InChI=1S/C13H19BrN2O3S/c14-12-10-11(20(15,17)18)4-5-13(12)19-9-8-16-6-2-1-3-7-16/h4-5,10H,1-3,6-9H2,(H2,15,17,18). The summed E-state index contributed by atoms with van der Waals surface area (Å²) in [7, 11) is -3.67. The monoisotopic (exact) mass is 362 g/mol. The van der Waals surface area contributed by atoms with Crippen molar-refractivity contribution in [2.24, 2.45) is 5.14 Å². The molecule has 1 aliphatic rings. The Morgan fingerprint density at radius 1 is 1.25 bits per heavy atom. The molecule has 0 radical (unpaired) electrons. The topological polar surface area (TPSA) is 72.6 Å². The number of primary sulfonamides is 1.